The molecule has 0 radical (unpaired) electrons. The van der Waals surface area contributed by atoms with E-state index in [0.29, 0.717) is 17.9 Å². The molecule has 0 bridgehead atoms. The van der Waals surface area contributed by atoms with Crippen molar-refractivity contribution < 1.29 is 9.53 Å². The van der Waals surface area contributed by atoms with Gasteiger partial charge in [0.05, 0.1) is 25.1 Å². The number of rotatable bonds is 9. The van der Waals surface area contributed by atoms with Crippen molar-refractivity contribution in [3.8, 4) is 5.75 Å². The second-order valence-corrected chi connectivity index (χ2v) is 6.76. The zero-order chi connectivity index (χ0) is 19.8. The van der Waals surface area contributed by atoms with E-state index in [4.69, 9.17) is 22.0 Å². The van der Waals surface area contributed by atoms with Crippen molar-refractivity contribution in [3.05, 3.63) is 59.2 Å². The van der Waals surface area contributed by atoms with Gasteiger partial charge in [-0.15, -0.1) is 5.10 Å². The van der Waals surface area contributed by atoms with Gasteiger partial charge in [-0.05, 0) is 42.6 Å². The van der Waals surface area contributed by atoms with Crippen molar-refractivity contribution in [1.29, 1.82) is 0 Å². The number of amides is 1. The van der Waals surface area contributed by atoms with Gasteiger partial charge in [-0.1, -0.05) is 29.8 Å². The zero-order valence-corrected chi connectivity index (χ0v) is 16.1. The monoisotopic (exact) mass is 388 g/mol. The lowest BCUT2D eigenvalue weighted by Gasteiger charge is -2.15. The Balaban J connectivity index is 2.07. The van der Waals surface area contributed by atoms with Crippen LogP contribution in [0.2, 0.25) is 0 Å². The number of nitrogens with zero attached hydrogens (tertiary/aromatic N) is 2. The summed E-state index contributed by atoms with van der Waals surface area (Å²) >= 11 is 1.25. The fourth-order valence-electron chi connectivity index (χ4n) is 2.21. The summed E-state index contributed by atoms with van der Waals surface area (Å²) in [5.41, 5.74) is 14.1. The Hall–Kier alpha value is -2.75. The highest BCUT2D eigenvalue weighted by atomic mass is 32.2. The summed E-state index contributed by atoms with van der Waals surface area (Å²) in [6, 6.07) is 13.4. The van der Waals surface area contributed by atoms with Gasteiger partial charge in [0.25, 0.3) is 0 Å². The van der Waals surface area contributed by atoms with Crippen LogP contribution >= 0.6 is 11.9 Å². The number of aryl methyl sites for hydroxylation is 1. The Labute approximate surface area is 162 Å². The number of hydrazine groups is 1. The Morgan fingerprint density at radius 1 is 1.22 bits per heavy atom. The zero-order valence-electron chi connectivity index (χ0n) is 15.3. The molecule has 2 aromatic rings. The molecule has 7 N–H and O–H groups in total. The average Bonchev–Trinajstić information content (AvgIpc) is 2.63. The van der Waals surface area contributed by atoms with Gasteiger partial charge >= 0.3 is 0 Å². The molecule has 2 rings (SSSR count). The molecule has 0 heterocycles. The Morgan fingerprint density at radius 3 is 2.56 bits per heavy atom. The largest absolute Gasteiger partial charge is 0.496 e. The highest BCUT2D eigenvalue weighted by molar-refractivity contribution is 7.97. The minimum atomic E-state index is -0.439. The molecule has 9 heteroatoms. The van der Waals surface area contributed by atoms with E-state index in [1.54, 1.807) is 19.2 Å². The number of carbonyl (C=O) groups excluding carboxylic acids is 1. The van der Waals surface area contributed by atoms with Gasteiger partial charge in [-0.3, -0.25) is 9.52 Å². The van der Waals surface area contributed by atoms with Gasteiger partial charge in [-0.25, -0.2) is 11.0 Å². The molecule has 2 aromatic carbocycles. The predicted molar refractivity (Wildman–Crippen MR) is 108 cm³/mol. The lowest BCUT2D eigenvalue weighted by molar-refractivity contribution is -0.116. The molecule has 1 amide bonds. The lowest BCUT2D eigenvalue weighted by atomic mass is 10.1. The third-order valence-corrected chi connectivity index (χ3v) is 4.44. The van der Waals surface area contributed by atoms with E-state index in [2.05, 4.69) is 9.82 Å². The van der Waals surface area contributed by atoms with Crippen LogP contribution in [0.4, 0.5) is 0 Å². The Bertz CT molecular complexity index is 810. The smallest absolute Gasteiger partial charge is 0.232 e. The number of primary amides is 1. The predicted octanol–water partition coefficient (Wildman–Crippen LogP) is 1.08. The number of nitrogens with two attached hydrogens (primary N) is 3. The quantitative estimate of drug-likeness (QED) is 0.166. The van der Waals surface area contributed by atoms with E-state index in [0.717, 1.165) is 10.5 Å². The summed E-state index contributed by atoms with van der Waals surface area (Å²) in [6.45, 7) is 2.52. The van der Waals surface area contributed by atoms with Crippen molar-refractivity contribution in [2.45, 2.75) is 18.4 Å². The second kappa shape index (κ2) is 9.81. The van der Waals surface area contributed by atoms with E-state index in [-0.39, 0.29) is 12.4 Å². The average molecular weight is 388 g/mol. The van der Waals surface area contributed by atoms with Gasteiger partial charge in [0.1, 0.15) is 5.75 Å². The molecule has 0 saturated heterocycles. The number of methoxy groups -OCH3 is 1. The molecule has 0 fully saturated rings. The molecule has 0 unspecified atom stereocenters. The van der Waals surface area contributed by atoms with E-state index >= 15 is 0 Å². The first-order chi connectivity index (χ1) is 12.9. The number of nitrogens with one attached hydrogen (secondary N) is 1. The molecule has 8 nitrogen and oxygen atoms in total. The highest BCUT2D eigenvalue weighted by Crippen LogP contribution is 2.28. The van der Waals surface area contributed by atoms with Crippen LogP contribution in [0.3, 0.4) is 0 Å². The molecule has 0 atom stereocenters. The molecule has 0 aliphatic carbocycles. The van der Waals surface area contributed by atoms with Gasteiger partial charge in [0, 0.05) is 5.56 Å². The van der Waals surface area contributed by atoms with Crippen molar-refractivity contribution in [2.75, 3.05) is 13.7 Å². The molecular formula is C18H24N6O2S. The van der Waals surface area contributed by atoms with E-state index in [9.17, 15) is 4.79 Å². The number of ether oxygens (including phenoxy) is 1. The van der Waals surface area contributed by atoms with E-state index in [1.807, 2.05) is 37.3 Å². The molecule has 144 valence electrons. The first kappa shape index (κ1) is 20.6. The van der Waals surface area contributed by atoms with Crippen molar-refractivity contribution in [1.82, 2.24) is 9.84 Å². The third kappa shape index (κ3) is 6.48. The Morgan fingerprint density at radius 2 is 1.93 bits per heavy atom. The highest BCUT2D eigenvalue weighted by Gasteiger charge is 2.09. The Kier molecular flexibility index (Phi) is 7.47. The van der Waals surface area contributed by atoms with E-state index in [1.165, 1.54) is 22.6 Å². The molecule has 0 aliphatic rings. The minimum Gasteiger partial charge on any atom is -0.496 e. The number of hydrazone groups is 1. The maximum atomic E-state index is 10.8. The SMILES string of the molecule is COc1cc(/C(N)=N/N(N)Cc2ccc(C)cc2)ccc1SNCC(N)=O. The van der Waals surface area contributed by atoms with Crippen LogP contribution in [-0.2, 0) is 11.3 Å². The minimum absolute atomic E-state index is 0.0559. The number of carbonyl (C=O) groups is 1. The first-order valence-electron chi connectivity index (χ1n) is 8.17. The van der Waals surface area contributed by atoms with Crippen LogP contribution in [0.5, 0.6) is 5.75 Å². The topological polar surface area (TPSA) is 132 Å². The second-order valence-electron chi connectivity index (χ2n) is 5.82. The summed E-state index contributed by atoms with van der Waals surface area (Å²) in [5, 5.41) is 5.52. The van der Waals surface area contributed by atoms with Crippen LogP contribution < -0.4 is 26.8 Å². The van der Waals surface area contributed by atoms with Gasteiger partial charge in [0.2, 0.25) is 5.91 Å². The molecule has 0 spiro atoms. The van der Waals surface area contributed by atoms with Crippen molar-refractivity contribution in [2.24, 2.45) is 22.4 Å². The van der Waals surface area contributed by atoms with Crippen molar-refractivity contribution in [3.63, 3.8) is 0 Å². The fourth-order valence-corrected chi connectivity index (χ4v) is 2.96. The normalized spacial score (nSPS) is 11.3. The number of hydrogen-bond donors (Lipinski definition) is 4. The summed E-state index contributed by atoms with van der Waals surface area (Å²) < 4.78 is 8.23. The maximum Gasteiger partial charge on any atom is 0.232 e. The fraction of sp³-hybridized carbons (Fsp3) is 0.222. The summed E-state index contributed by atoms with van der Waals surface area (Å²) in [7, 11) is 1.55. The van der Waals surface area contributed by atoms with Crippen LogP contribution in [0.1, 0.15) is 16.7 Å². The number of benzene rings is 2. The molecule has 0 aliphatic heterocycles. The van der Waals surface area contributed by atoms with E-state index < -0.39 is 5.91 Å². The van der Waals surface area contributed by atoms with Crippen LogP contribution in [0, 0.1) is 6.92 Å². The third-order valence-electron chi connectivity index (χ3n) is 3.59. The molecule has 0 aromatic heterocycles. The lowest BCUT2D eigenvalue weighted by Crippen LogP contribution is -2.29. The molecular weight excluding hydrogens is 364 g/mol. The summed E-state index contributed by atoms with van der Waals surface area (Å²) in [5.74, 6) is 6.37. The van der Waals surface area contributed by atoms with Gasteiger partial charge < -0.3 is 16.2 Å². The molecule has 27 heavy (non-hydrogen) atoms. The molecule has 0 saturated carbocycles. The van der Waals surface area contributed by atoms with Crippen LogP contribution in [-0.4, -0.2) is 30.5 Å². The number of amidine groups is 1. The van der Waals surface area contributed by atoms with Crippen LogP contribution in [0.25, 0.3) is 0 Å². The van der Waals surface area contributed by atoms with Crippen molar-refractivity contribution >= 4 is 23.7 Å². The van der Waals surface area contributed by atoms with Gasteiger partial charge in [-0.2, -0.15) is 0 Å². The van der Waals surface area contributed by atoms with Gasteiger partial charge in [0.15, 0.2) is 5.84 Å². The standard InChI is InChI=1S/C18H24N6O2S/c1-12-3-5-13(6-4-12)11-24(21)23-18(20)14-7-8-16(15(9-14)26-2)27-22-10-17(19)25/h3-9,22H,10-11,21H2,1-2H3,(H2,19,25)(H2,20,23). The van der Waals surface area contributed by atoms with Crippen LogP contribution in [0.15, 0.2) is 52.5 Å². The summed E-state index contributed by atoms with van der Waals surface area (Å²) in [4.78, 5) is 11.6. The first-order valence-corrected chi connectivity index (χ1v) is 8.99. The number of hydrogen-bond acceptors (Lipinski definition) is 7. The summed E-state index contributed by atoms with van der Waals surface area (Å²) in [6.07, 6.45) is 0. The maximum absolute atomic E-state index is 10.8.